The second kappa shape index (κ2) is 7.29. The van der Waals surface area contributed by atoms with Gasteiger partial charge < -0.3 is 20.3 Å². The summed E-state index contributed by atoms with van der Waals surface area (Å²) in [5.74, 6) is -0.413. The molecule has 2 amide bonds. The summed E-state index contributed by atoms with van der Waals surface area (Å²) in [6, 6.07) is 16.9. The first-order chi connectivity index (χ1) is 14.6. The second-order valence-electron chi connectivity index (χ2n) is 8.29. The van der Waals surface area contributed by atoms with Gasteiger partial charge in [-0.05, 0) is 36.5 Å². The van der Waals surface area contributed by atoms with Gasteiger partial charge in [-0.1, -0.05) is 48.5 Å². The van der Waals surface area contributed by atoms with E-state index in [0.717, 1.165) is 36.0 Å². The molecule has 30 heavy (non-hydrogen) atoms. The second-order valence-corrected chi connectivity index (χ2v) is 8.29. The molecule has 0 bridgehead atoms. The number of aliphatic hydroxyl groups is 1. The van der Waals surface area contributed by atoms with E-state index in [1.54, 1.807) is 4.90 Å². The molecule has 3 aromatic rings. The van der Waals surface area contributed by atoms with Crippen molar-refractivity contribution in [3.8, 4) is 0 Å². The number of amides is 2. The summed E-state index contributed by atoms with van der Waals surface area (Å²) in [5, 5.41) is 13.9. The van der Waals surface area contributed by atoms with Gasteiger partial charge >= 0.3 is 0 Å². The average Bonchev–Trinajstić information content (AvgIpc) is 3.52. The third-order valence-corrected chi connectivity index (χ3v) is 6.49. The van der Waals surface area contributed by atoms with Crippen LogP contribution in [-0.4, -0.2) is 46.0 Å². The van der Waals surface area contributed by atoms with Gasteiger partial charge in [0.25, 0.3) is 0 Å². The molecule has 5 rings (SSSR count). The Morgan fingerprint density at radius 3 is 2.57 bits per heavy atom. The first kappa shape index (κ1) is 18.9. The first-order valence-electron chi connectivity index (χ1n) is 10.5. The summed E-state index contributed by atoms with van der Waals surface area (Å²) in [6.45, 7) is 0.619. The topological polar surface area (TPSA) is 85.4 Å². The van der Waals surface area contributed by atoms with Crippen molar-refractivity contribution in [2.45, 2.75) is 37.3 Å². The van der Waals surface area contributed by atoms with Crippen LogP contribution < -0.4 is 5.32 Å². The Hall–Kier alpha value is -3.12. The van der Waals surface area contributed by atoms with E-state index in [-0.39, 0.29) is 11.8 Å². The number of aromatic amines is 1. The van der Waals surface area contributed by atoms with Gasteiger partial charge in [0, 0.05) is 23.1 Å². The monoisotopic (exact) mass is 403 g/mol. The SMILES string of the molecule is O=C(C(CO)NC(=O)C1(c2ccccc2)CC1)N1CCc2c([nH]c3ccccc23)C1. The molecule has 2 aromatic carbocycles. The van der Waals surface area contributed by atoms with E-state index < -0.39 is 18.1 Å². The predicted octanol–water partition coefficient (Wildman–Crippen LogP) is 2.26. The molecule has 2 heterocycles. The largest absolute Gasteiger partial charge is 0.394 e. The highest BCUT2D eigenvalue weighted by atomic mass is 16.3. The Morgan fingerprint density at radius 1 is 1.10 bits per heavy atom. The molecule has 1 unspecified atom stereocenters. The average molecular weight is 403 g/mol. The molecule has 0 spiro atoms. The van der Waals surface area contributed by atoms with Crippen LogP contribution in [0.4, 0.5) is 0 Å². The lowest BCUT2D eigenvalue weighted by Crippen LogP contribution is -2.53. The molecule has 2 aliphatic rings. The number of para-hydroxylation sites is 1. The molecule has 3 N–H and O–H groups in total. The molecule has 0 saturated heterocycles. The smallest absolute Gasteiger partial charge is 0.247 e. The molecule has 1 fully saturated rings. The van der Waals surface area contributed by atoms with Crippen LogP contribution in [0.2, 0.25) is 0 Å². The fourth-order valence-electron chi connectivity index (χ4n) is 4.61. The van der Waals surface area contributed by atoms with Crippen LogP contribution >= 0.6 is 0 Å². The molecule has 1 aromatic heterocycles. The zero-order chi connectivity index (χ0) is 20.7. The molecule has 1 saturated carbocycles. The minimum atomic E-state index is -0.926. The fraction of sp³-hybridized carbons (Fsp3) is 0.333. The van der Waals surface area contributed by atoms with E-state index in [1.165, 1.54) is 10.9 Å². The molecule has 154 valence electrons. The highest BCUT2D eigenvalue weighted by molar-refractivity contribution is 5.95. The summed E-state index contributed by atoms with van der Waals surface area (Å²) in [5.41, 5.74) is 3.75. The molecule has 0 radical (unpaired) electrons. The Bertz CT molecular complexity index is 1100. The zero-order valence-electron chi connectivity index (χ0n) is 16.7. The van der Waals surface area contributed by atoms with Gasteiger partial charge in [-0.3, -0.25) is 9.59 Å². The molecule has 1 atom stereocenters. The Morgan fingerprint density at radius 2 is 1.83 bits per heavy atom. The van der Waals surface area contributed by atoms with Gasteiger partial charge in [0.1, 0.15) is 6.04 Å². The predicted molar refractivity (Wildman–Crippen MR) is 114 cm³/mol. The van der Waals surface area contributed by atoms with E-state index in [9.17, 15) is 14.7 Å². The van der Waals surface area contributed by atoms with Gasteiger partial charge in [0.15, 0.2) is 0 Å². The van der Waals surface area contributed by atoms with Crippen LogP contribution in [0.25, 0.3) is 10.9 Å². The van der Waals surface area contributed by atoms with Gasteiger partial charge in [-0.2, -0.15) is 0 Å². The summed E-state index contributed by atoms with van der Waals surface area (Å²) in [4.78, 5) is 31.2. The van der Waals surface area contributed by atoms with Crippen molar-refractivity contribution in [2.75, 3.05) is 13.2 Å². The number of aromatic nitrogens is 1. The molecule has 6 heteroatoms. The molecule has 6 nitrogen and oxygen atoms in total. The number of nitrogens with one attached hydrogen (secondary N) is 2. The van der Waals surface area contributed by atoms with Crippen molar-refractivity contribution in [3.05, 3.63) is 71.4 Å². The highest BCUT2D eigenvalue weighted by Crippen LogP contribution is 2.48. The Kier molecular flexibility index (Phi) is 4.59. The maximum absolute atomic E-state index is 13.1. The number of carbonyl (C=O) groups excluding carboxylic acids is 2. The summed E-state index contributed by atoms with van der Waals surface area (Å²) >= 11 is 0. The van der Waals surface area contributed by atoms with E-state index >= 15 is 0 Å². The maximum Gasteiger partial charge on any atom is 0.247 e. The van der Waals surface area contributed by atoms with Crippen molar-refractivity contribution in [1.82, 2.24) is 15.2 Å². The standard InChI is InChI=1S/C24H25N3O3/c28-15-21(26-23(30)24(11-12-24)16-6-2-1-3-7-16)22(29)27-13-10-18-17-8-4-5-9-19(17)25-20(18)14-27/h1-9,21,25,28H,10-15H2,(H,26,30). The highest BCUT2D eigenvalue weighted by Gasteiger charge is 2.52. The number of rotatable bonds is 5. The number of hydrogen-bond acceptors (Lipinski definition) is 3. The molecule has 1 aliphatic carbocycles. The summed E-state index contributed by atoms with van der Waals surface area (Å²) < 4.78 is 0. The summed E-state index contributed by atoms with van der Waals surface area (Å²) in [6.07, 6.45) is 2.28. The number of fused-ring (bicyclic) bond motifs is 3. The quantitative estimate of drug-likeness (QED) is 0.611. The van der Waals surface area contributed by atoms with Crippen molar-refractivity contribution < 1.29 is 14.7 Å². The van der Waals surface area contributed by atoms with Crippen molar-refractivity contribution >= 4 is 22.7 Å². The van der Waals surface area contributed by atoms with Crippen LogP contribution in [0.1, 0.15) is 29.7 Å². The van der Waals surface area contributed by atoms with Crippen LogP contribution in [0.5, 0.6) is 0 Å². The number of H-pyrrole nitrogens is 1. The van der Waals surface area contributed by atoms with Crippen LogP contribution in [-0.2, 0) is 28.0 Å². The number of hydrogen-bond donors (Lipinski definition) is 3. The minimum absolute atomic E-state index is 0.176. The van der Waals surface area contributed by atoms with E-state index in [2.05, 4.69) is 16.4 Å². The zero-order valence-corrected chi connectivity index (χ0v) is 16.7. The van der Waals surface area contributed by atoms with Gasteiger partial charge in [-0.15, -0.1) is 0 Å². The van der Waals surface area contributed by atoms with Crippen molar-refractivity contribution in [3.63, 3.8) is 0 Å². The van der Waals surface area contributed by atoms with Gasteiger partial charge in [-0.25, -0.2) is 0 Å². The van der Waals surface area contributed by atoms with Crippen LogP contribution in [0.3, 0.4) is 0 Å². The van der Waals surface area contributed by atoms with Crippen LogP contribution in [0, 0.1) is 0 Å². The van der Waals surface area contributed by atoms with Gasteiger partial charge in [0.05, 0.1) is 18.6 Å². The van der Waals surface area contributed by atoms with E-state index in [1.807, 2.05) is 48.5 Å². The Labute approximate surface area is 174 Å². The molecule has 1 aliphatic heterocycles. The van der Waals surface area contributed by atoms with E-state index in [0.29, 0.717) is 13.1 Å². The number of aliphatic hydroxyl groups excluding tert-OH is 1. The van der Waals surface area contributed by atoms with E-state index in [4.69, 9.17) is 0 Å². The lowest BCUT2D eigenvalue weighted by atomic mass is 9.94. The minimum Gasteiger partial charge on any atom is -0.394 e. The number of nitrogens with zero attached hydrogens (tertiary/aromatic N) is 1. The molecular weight excluding hydrogens is 378 g/mol. The van der Waals surface area contributed by atoms with Gasteiger partial charge in [0.2, 0.25) is 11.8 Å². The first-order valence-corrected chi connectivity index (χ1v) is 10.5. The lowest BCUT2D eigenvalue weighted by molar-refractivity contribution is -0.139. The lowest BCUT2D eigenvalue weighted by Gasteiger charge is -2.31. The van der Waals surface area contributed by atoms with Crippen molar-refractivity contribution in [1.29, 1.82) is 0 Å². The van der Waals surface area contributed by atoms with Crippen LogP contribution in [0.15, 0.2) is 54.6 Å². The Balaban J connectivity index is 1.31. The number of carbonyl (C=O) groups is 2. The third-order valence-electron chi connectivity index (χ3n) is 6.49. The maximum atomic E-state index is 13.1. The number of benzene rings is 2. The fourth-order valence-corrected chi connectivity index (χ4v) is 4.61. The normalized spacial score (nSPS) is 18.0. The third kappa shape index (κ3) is 3.08. The molecular formula is C24H25N3O3. The van der Waals surface area contributed by atoms with Crippen molar-refractivity contribution in [2.24, 2.45) is 0 Å². The summed E-state index contributed by atoms with van der Waals surface area (Å²) in [7, 11) is 0.